The lowest BCUT2D eigenvalue weighted by Gasteiger charge is -2.09. The monoisotopic (exact) mass is 193 g/mol. The highest BCUT2D eigenvalue weighted by Gasteiger charge is 1.97. The SMILES string of the molecule is CCC(C)CNCc1ccc(O)cc1. The first kappa shape index (κ1) is 11.1. The third kappa shape index (κ3) is 3.79. The van der Waals surface area contributed by atoms with Crippen molar-refractivity contribution in [1.82, 2.24) is 5.32 Å². The van der Waals surface area contributed by atoms with E-state index in [0.717, 1.165) is 19.0 Å². The van der Waals surface area contributed by atoms with Gasteiger partial charge in [-0.15, -0.1) is 0 Å². The normalized spacial score (nSPS) is 12.7. The highest BCUT2D eigenvalue weighted by atomic mass is 16.3. The van der Waals surface area contributed by atoms with E-state index in [1.165, 1.54) is 12.0 Å². The highest BCUT2D eigenvalue weighted by Crippen LogP contribution is 2.09. The Morgan fingerprint density at radius 3 is 2.50 bits per heavy atom. The van der Waals surface area contributed by atoms with Gasteiger partial charge in [0.1, 0.15) is 5.75 Å². The zero-order valence-electron chi connectivity index (χ0n) is 8.96. The lowest BCUT2D eigenvalue weighted by molar-refractivity contribution is 0.474. The quantitative estimate of drug-likeness (QED) is 0.753. The zero-order valence-corrected chi connectivity index (χ0v) is 8.96. The fourth-order valence-corrected chi connectivity index (χ4v) is 1.22. The van der Waals surface area contributed by atoms with Crippen LogP contribution in [0.2, 0.25) is 0 Å². The van der Waals surface area contributed by atoms with Crippen LogP contribution in [0, 0.1) is 5.92 Å². The van der Waals surface area contributed by atoms with Gasteiger partial charge in [-0.2, -0.15) is 0 Å². The summed E-state index contributed by atoms with van der Waals surface area (Å²) in [5.41, 5.74) is 1.21. The topological polar surface area (TPSA) is 32.3 Å². The summed E-state index contributed by atoms with van der Waals surface area (Å²) >= 11 is 0. The van der Waals surface area contributed by atoms with Crippen molar-refractivity contribution in [3.05, 3.63) is 29.8 Å². The van der Waals surface area contributed by atoms with Crippen LogP contribution in [0.4, 0.5) is 0 Å². The van der Waals surface area contributed by atoms with Gasteiger partial charge in [0, 0.05) is 6.54 Å². The second-order valence-corrected chi connectivity index (χ2v) is 3.81. The first-order valence-corrected chi connectivity index (χ1v) is 5.21. The molecule has 0 aliphatic heterocycles. The van der Waals surface area contributed by atoms with Gasteiger partial charge in [-0.05, 0) is 30.2 Å². The number of nitrogens with one attached hydrogen (secondary N) is 1. The molecule has 0 fully saturated rings. The third-order valence-electron chi connectivity index (χ3n) is 2.46. The minimum absolute atomic E-state index is 0.329. The van der Waals surface area contributed by atoms with Crippen LogP contribution < -0.4 is 5.32 Å². The summed E-state index contributed by atoms with van der Waals surface area (Å²) < 4.78 is 0. The van der Waals surface area contributed by atoms with Crippen LogP contribution in [0.3, 0.4) is 0 Å². The van der Waals surface area contributed by atoms with E-state index in [9.17, 15) is 0 Å². The van der Waals surface area contributed by atoms with Gasteiger partial charge in [-0.3, -0.25) is 0 Å². The Morgan fingerprint density at radius 2 is 1.93 bits per heavy atom. The van der Waals surface area contributed by atoms with Crippen molar-refractivity contribution in [3.63, 3.8) is 0 Å². The summed E-state index contributed by atoms with van der Waals surface area (Å²) in [6.07, 6.45) is 1.21. The summed E-state index contributed by atoms with van der Waals surface area (Å²) in [5.74, 6) is 1.06. The molecule has 0 aliphatic rings. The van der Waals surface area contributed by atoms with Gasteiger partial charge >= 0.3 is 0 Å². The molecule has 1 aromatic rings. The predicted molar refractivity (Wildman–Crippen MR) is 59.3 cm³/mol. The molecule has 0 aromatic heterocycles. The smallest absolute Gasteiger partial charge is 0.115 e. The zero-order chi connectivity index (χ0) is 10.4. The molecular weight excluding hydrogens is 174 g/mol. The maximum atomic E-state index is 9.09. The molecule has 0 saturated heterocycles. The van der Waals surface area contributed by atoms with Crippen molar-refractivity contribution in [2.45, 2.75) is 26.8 Å². The molecule has 2 heteroatoms. The van der Waals surface area contributed by atoms with E-state index in [1.807, 2.05) is 12.1 Å². The van der Waals surface area contributed by atoms with E-state index in [0.29, 0.717) is 5.75 Å². The Bertz CT molecular complexity index is 256. The van der Waals surface area contributed by atoms with Crippen LogP contribution in [-0.4, -0.2) is 11.7 Å². The van der Waals surface area contributed by atoms with Crippen LogP contribution >= 0.6 is 0 Å². The molecule has 78 valence electrons. The summed E-state index contributed by atoms with van der Waals surface area (Å²) in [7, 11) is 0. The van der Waals surface area contributed by atoms with Crippen LogP contribution in [0.15, 0.2) is 24.3 Å². The fraction of sp³-hybridized carbons (Fsp3) is 0.500. The summed E-state index contributed by atoms with van der Waals surface area (Å²) in [6.45, 7) is 6.37. The Hall–Kier alpha value is -1.02. The van der Waals surface area contributed by atoms with Crippen LogP contribution in [0.5, 0.6) is 5.75 Å². The number of hydrogen-bond donors (Lipinski definition) is 2. The van der Waals surface area contributed by atoms with Crippen molar-refractivity contribution in [2.75, 3.05) is 6.54 Å². The average Bonchev–Trinajstić information content (AvgIpc) is 2.21. The molecule has 14 heavy (non-hydrogen) atoms. The largest absolute Gasteiger partial charge is 0.508 e. The lowest BCUT2D eigenvalue weighted by Crippen LogP contribution is -2.20. The van der Waals surface area contributed by atoms with Crippen molar-refractivity contribution in [2.24, 2.45) is 5.92 Å². The first-order valence-electron chi connectivity index (χ1n) is 5.21. The van der Waals surface area contributed by atoms with Gasteiger partial charge in [0.2, 0.25) is 0 Å². The van der Waals surface area contributed by atoms with Gasteiger partial charge in [0.15, 0.2) is 0 Å². The molecule has 1 atom stereocenters. The number of benzene rings is 1. The second kappa shape index (κ2) is 5.66. The summed E-state index contributed by atoms with van der Waals surface area (Å²) in [5, 5.41) is 12.5. The van der Waals surface area contributed by atoms with E-state index in [2.05, 4.69) is 19.2 Å². The van der Waals surface area contributed by atoms with E-state index in [1.54, 1.807) is 12.1 Å². The number of phenolic OH excluding ortho intramolecular Hbond substituents is 1. The molecule has 0 bridgehead atoms. The number of hydrogen-bond acceptors (Lipinski definition) is 2. The molecule has 2 nitrogen and oxygen atoms in total. The number of phenols is 1. The van der Waals surface area contributed by atoms with Crippen molar-refractivity contribution in [1.29, 1.82) is 0 Å². The maximum Gasteiger partial charge on any atom is 0.115 e. The van der Waals surface area contributed by atoms with Crippen molar-refractivity contribution in [3.8, 4) is 5.75 Å². The average molecular weight is 193 g/mol. The van der Waals surface area contributed by atoms with Crippen molar-refractivity contribution < 1.29 is 5.11 Å². The molecular formula is C12H19NO. The van der Waals surface area contributed by atoms with Gasteiger partial charge in [0.05, 0.1) is 0 Å². The second-order valence-electron chi connectivity index (χ2n) is 3.81. The van der Waals surface area contributed by atoms with Gasteiger partial charge < -0.3 is 10.4 Å². The summed E-state index contributed by atoms with van der Waals surface area (Å²) in [6, 6.07) is 7.33. The minimum atomic E-state index is 0.329. The molecule has 1 unspecified atom stereocenters. The molecule has 0 heterocycles. The van der Waals surface area contributed by atoms with E-state index in [-0.39, 0.29) is 0 Å². The first-order chi connectivity index (χ1) is 6.72. The Morgan fingerprint density at radius 1 is 1.29 bits per heavy atom. The minimum Gasteiger partial charge on any atom is -0.508 e. The Kier molecular flexibility index (Phi) is 4.47. The highest BCUT2D eigenvalue weighted by molar-refractivity contribution is 5.25. The fourth-order valence-electron chi connectivity index (χ4n) is 1.22. The Balaban J connectivity index is 2.28. The predicted octanol–water partition coefficient (Wildman–Crippen LogP) is 2.53. The molecule has 1 rings (SSSR count). The van der Waals surface area contributed by atoms with Gasteiger partial charge in [-0.25, -0.2) is 0 Å². The van der Waals surface area contributed by atoms with Gasteiger partial charge in [0.25, 0.3) is 0 Å². The molecule has 0 radical (unpaired) electrons. The van der Waals surface area contributed by atoms with Crippen LogP contribution in [0.1, 0.15) is 25.8 Å². The standard InChI is InChI=1S/C12H19NO/c1-3-10(2)8-13-9-11-4-6-12(14)7-5-11/h4-7,10,13-14H,3,8-9H2,1-2H3. The maximum absolute atomic E-state index is 9.09. The van der Waals surface area contributed by atoms with Crippen molar-refractivity contribution >= 4 is 0 Å². The number of rotatable bonds is 5. The third-order valence-corrected chi connectivity index (χ3v) is 2.46. The Labute approximate surface area is 86.0 Å². The molecule has 0 aliphatic carbocycles. The molecule has 0 saturated carbocycles. The molecule has 1 aromatic carbocycles. The van der Waals surface area contributed by atoms with Gasteiger partial charge in [-0.1, -0.05) is 32.4 Å². The van der Waals surface area contributed by atoms with Crippen LogP contribution in [-0.2, 0) is 6.54 Å². The molecule has 0 amide bonds. The molecule has 0 spiro atoms. The summed E-state index contributed by atoms with van der Waals surface area (Å²) in [4.78, 5) is 0. The van der Waals surface area contributed by atoms with E-state index >= 15 is 0 Å². The molecule has 2 N–H and O–H groups in total. The number of aromatic hydroxyl groups is 1. The van der Waals surface area contributed by atoms with E-state index < -0.39 is 0 Å². The van der Waals surface area contributed by atoms with Crippen LogP contribution in [0.25, 0.3) is 0 Å². The lowest BCUT2D eigenvalue weighted by atomic mass is 10.1. The van der Waals surface area contributed by atoms with E-state index in [4.69, 9.17) is 5.11 Å².